The van der Waals surface area contributed by atoms with E-state index in [4.69, 9.17) is 0 Å². The van der Waals surface area contributed by atoms with Crippen LogP contribution < -0.4 is 5.43 Å². The van der Waals surface area contributed by atoms with Gasteiger partial charge in [-0.15, -0.1) is 0 Å². The number of nitro groups is 1. The van der Waals surface area contributed by atoms with E-state index < -0.39 is 10.8 Å². The van der Waals surface area contributed by atoms with E-state index >= 15 is 0 Å². The lowest BCUT2D eigenvalue weighted by Crippen LogP contribution is -2.20. The molecule has 2 aromatic rings. The minimum Gasteiger partial charge on any atom is -0.267 e. The SMILES string of the molecule is CC/C(=N\NC(=O)c1ccc(C)c([N+](=O)[O-])c1)c1ccc(C)cc1. The highest BCUT2D eigenvalue weighted by Crippen LogP contribution is 2.19. The summed E-state index contributed by atoms with van der Waals surface area (Å²) < 4.78 is 0. The molecule has 0 fully saturated rings. The van der Waals surface area contributed by atoms with Gasteiger partial charge in [0.1, 0.15) is 0 Å². The van der Waals surface area contributed by atoms with E-state index in [2.05, 4.69) is 10.5 Å². The van der Waals surface area contributed by atoms with E-state index in [1.165, 1.54) is 6.07 Å². The molecule has 124 valence electrons. The molecule has 0 aliphatic carbocycles. The third-order valence-corrected chi connectivity index (χ3v) is 3.68. The standard InChI is InChI=1S/C18H19N3O3/c1-4-16(14-8-5-12(2)6-9-14)19-20-18(22)15-10-7-13(3)17(11-15)21(23)24/h5-11H,4H2,1-3H3,(H,20,22)/b19-16+. The quantitative estimate of drug-likeness (QED) is 0.516. The van der Waals surface area contributed by atoms with Crippen LogP contribution in [0.25, 0.3) is 0 Å². The number of amides is 1. The van der Waals surface area contributed by atoms with Crippen molar-refractivity contribution in [1.82, 2.24) is 5.43 Å². The third kappa shape index (κ3) is 4.04. The molecule has 0 spiro atoms. The zero-order valence-electron chi connectivity index (χ0n) is 13.9. The van der Waals surface area contributed by atoms with Gasteiger partial charge in [-0.1, -0.05) is 42.8 Å². The Morgan fingerprint density at radius 2 is 1.75 bits per heavy atom. The van der Waals surface area contributed by atoms with Crippen LogP contribution in [0.2, 0.25) is 0 Å². The van der Waals surface area contributed by atoms with Gasteiger partial charge in [0.2, 0.25) is 0 Å². The minimum atomic E-state index is -0.501. The highest BCUT2D eigenvalue weighted by atomic mass is 16.6. The monoisotopic (exact) mass is 325 g/mol. The Hall–Kier alpha value is -3.02. The summed E-state index contributed by atoms with van der Waals surface area (Å²) in [5.74, 6) is -0.476. The average molecular weight is 325 g/mol. The molecule has 0 bridgehead atoms. The van der Waals surface area contributed by atoms with Crippen LogP contribution in [0.5, 0.6) is 0 Å². The summed E-state index contributed by atoms with van der Waals surface area (Å²) in [5, 5.41) is 15.1. The molecule has 2 rings (SSSR count). The van der Waals surface area contributed by atoms with Crippen LogP contribution in [0.4, 0.5) is 5.69 Å². The Bertz CT molecular complexity index is 796. The number of aryl methyl sites for hydroxylation is 2. The van der Waals surface area contributed by atoms with Crippen LogP contribution >= 0.6 is 0 Å². The van der Waals surface area contributed by atoms with Crippen LogP contribution in [-0.4, -0.2) is 16.5 Å². The van der Waals surface area contributed by atoms with Crippen LogP contribution in [0.1, 0.15) is 40.4 Å². The van der Waals surface area contributed by atoms with Crippen LogP contribution in [0.15, 0.2) is 47.6 Å². The molecule has 0 heterocycles. The summed E-state index contributed by atoms with van der Waals surface area (Å²) >= 11 is 0. The largest absolute Gasteiger partial charge is 0.273 e. The average Bonchev–Trinajstić information content (AvgIpc) is 2.56. The van der Waals surface area contributed by atoms with Crippen molar-refractivity contribution in [3.05, 3.63) is 74.8 Å². The second kappa shape index (κ2) is 7.50. The Labute approximate surface area is 140 Å². The van der Waals surface area contributed by atoms with Crippen LogP contribution in [0, 0.1) is 24.0 Å². The molecule has 0 aliphatic heterocycles. The fraction of sp³-hybridized carbons (Fsp3) is 0.222. The van der Waals surface area contributed by atoms with E-state index in [1.54, 1.807) is 19.1 Å². The lowest BCUT2D eigenvalue weighted by Gasteiger charge is -2.06. The highest BCUT2D eigenvalue weighted by Gasteiger charge is 2.15. The van der Waals surface area contributed by atoms with Crippen molar-refractivity contribution in [2.75, 3.05) is 0 Å². The normalized spacial score (nSPS) is 11.2. The van der Waals surface area contributed by atoms with Crippen molar-refractivity contribution < 1.29 is 9.72 Å². The summed E-state index contributed by atoms with van der Waals surface area (Å²) in [7, 11) is 0. The van der Waals surface area contributed by atoms with Gasteiger partial charge in [0.25, 0.3) is 11.6 Å². The molecular weight excluding hydrogens is 306 g/mol. The van der Waals surface area contributed by atoms with Gasteiger partial charge in [0.05, 0.1) is 10.6 Å². The molecule has 0 aliphatic rings. The maximum Gasteiger partial charge on any atom is 0.273 e. The predicted octanol–water partition coefficient (Wildman–Crippen LogP) is 3.76. The fourth-order valence-electron chi connectivity index (χ4n) is 2.22. The number of nitro benzene ring substituents is 1. The summed E-state index contributed by atoms with van der Waals surface area (Å²) in [4.78, 5) is 22.7. The van der Waals surface area contributed by atoms with E-state index in [-0.39, 0.29) is 11.3 Å². The van der Waals surface area contributed by atoms with Crippen LogP contribution in [-0.2, 0) is 0 Å². The van der Waals surface area contributed by atoms with Crippen molar-refractivity contribution in [2.24, 2.45) is 5.10 Å². The van der Waals surface area contributed by atoms with E-state index in [9.17, 15) is 14.9 Å². The summed E-state index contributed by atoms with van der Waals surface area (Å²) in [6.07, 6.45) is 0.650. The maximum atomic E-state index is 12.2. The number of hydrogen-bond acceptors (Lipinski definition) is 4. The molecule has 6 nitrogen and oxygen atoms in total. The fourth-order valence-corrected chi connectivity index (χ4v) is 2.22. The molecule has 0 unspecified atom stereocenters. The number of benzene rings is 2. The first-order valence-corrected chi connectivity index (χ1v) is 7.61. The highest BCUT2D eigenvalue weighted by molar-refractivity contribution is 6.02. The van der Waals surface area contributed by atoms with Gasteiger partial charge in [0.15, 0.2) is 0 Å². The first-order chi connectivity index (χ1) is 11.4. The van der Waals surface area contributed by atoms with Crippen molar-refractivity contribution in [1.29, 1.82) is 0 Å². The summed E-state index contributed by atoms with van der Waals surface area (Å²) in [5.41, 5.74) is 5.92. The van der Waals surface area contributed by atoms with E-state index in [0.717, 1.165) is 16.8 Å². The number of carbonyl (C=O) groups excluding carboxylic acids is 1. The summed E-state index contributed by atoms with van der Waals surface area (Å²) in [6, 6.07) is 12.2. The van der Waals surface area contributed by atoms with Gasteiger partial charge in [-0.3, -0.25) is 14.9 Å². The maximum absolute atomic E-state index is 12.2. The van der Waals surface area contributed by atoms with Crippen molar-refractivity contribution >= 4 is 17.3 Å². The minimum absolute atomic E-state index is 0.0825. The van der Waals surface area contributed by atoms with Crippen molar-refractivity contribution in [3.63, 3.8) is 0 Å². The first-order valence-electron chi connectivity index (χ1n) is 7.61. The van der Waals surface area contributed by atoms with E-state index in [1.807, 2.05) is 38.1 Å². The molecular formula is C18H19N3O3. The number of rotatable bonds is 5. The number of hydrogen-bond donors (Lipinski definition) is 1. The molecule has 0 radical (unpaired) electrons. The number of hydrazone groups is 1. The van der Waals surface area contributed by atoms with Gasteiger partial charge in [-0.2, -0.15) is 5.10 Å². The van der Waals surface area contributed by atoms with Gasteiger partial charge >= 0.3 is 0 Å². The first kappa shape index (κ1) is 17.3. The zero-order valence-corrected chi connectivity index (χ0v) is 13.9. The smallest absolute Gasteiger partial charge is 0.267 e. The molecule has 24 heavy (non-hydrogen) atoms. The van der Waals surface area contributed by atoms with Crippen molar-refractivity contribution in [3.8, 4) is 0 Å². The Kier molecular flexibility index (Phi) is 5.42. The Balaban J connectivity index is 2.20. The second-order valence-electron chi connectivity index (χ2n) is 5.48. The van der Waals surface area contributed by atoms with Gasteiger partial charge in [-0.25, -0.2) is 5.43 Å². The second-order valence-corrected chi connectivity index (χ2v) is 5.48. The number of nitrogens with zero attached hydrogens (tertiary/aromatic N) is 2. The topological polar surface area (TPSA) is 84.6 Å². The molecule has 0 saturated carbocycles. The van der Waals surface area contributed by atoms with E-state index in [0.29, 0.717) is 12.0 Å². The molecule has 1 N–H and O–H groups in total. The van der Waals surface area contributed by atoms with Crippen LogP contribution in [0.3, 0.4) is 0 Å². The Morgan fingerprint density at radius 3 is 2.33 bits per heavy atom. The van der Waals surface area contributed by atoms with Crippen molar-refractivity contribution in [2.45, 2.75) is 27.2 Å². The molecule has 2 aromatic carbocycles. The van der Waals surface area contributed by atoms with Gasteiger partial charge in [0, 0.05) is 17.2 Å². The number of nitrogens with one attached hydrogen (secondary N) is 1. The van der Waals surface area contributed by atoms with Gasteiger partial charge < -0.3 is 0 Å². The zero-order chi connectivity index (χ0) is 17.7. The molecule has 0 aromatic heterocycles. The lowest BCUT2D eigenvalue weighted by molar-refractivity contribution is -0.385. The molecule has 0 saturated heterocycles. The summed E-state index contributed by atoms with van der Waals surface area (Å²) in [6.45, 7) is 5.57. The molecule has 6 heteroatoms. The number of carbonyl (C=O) groups is 1. The Morgan fingerprint density at radius 1 is 1.12 bits per heavy atom. The lowest BCUT2D eigenvalue weighted by atomic mass is 10.1. The molecule has 0 atom stereocenters. The van der Waals surface area contributed by atoms with Gasteiger partial charge in [-0.05, 0) is 31.9 Å². The predicted molar refractivity (Wildman–Crippen MR) is 93.3 cm³/mol. The third-order valence-electron chi connectivity index (χ3n) is 3.68. The molecule has 1 amide bonds.